The quantitative estimate of drug-likeness (QED) is 0.578. The highest BCUT2D eigenvalue weighted by Crippen LogP contribution is 2.38. The van der Waals surface area contributed by atoms with E-state index in [4.69, 9.17) is 0 Å². The topological polar surface area (TPSA) is 87.7 Å². The van der Waals surface area contributed by atoms with E-state index in [0.717, 1.165) is 17.3 Å². The van der Waals surface area contributed by atoms with E-state index in [1.54, 1.807) is 30.3 Å². The van der Waals surface area contributed by atoms with Crippen molar-refractivity contribution in [1.82, 2.24) is 15.5 Å². The van der Waals surface area contributed by atoms with Crippen molar-refractivity contribution in [3.63, 3.8) is 0 Å². The van der Waals surface area contributed by atoms with Crippen molar-refractivity contribution in [2.45, 2.75) is 37.1 Å². The molecule has 2 unspecified atom stereocenters. The van der Waals surface area contributed by atoms with E-state index in [1.165, 1.54) is 11.9 Å². The molecule has 1 aromatic carbocycles. The van der Waals surface area contributed by atoms with Crippen LogP contribution in [0.5, 0.6) is 0 Å². The van der Waals surface area contributed by atoms with E-state index >= 15 is 0 Å². The Labute approximate surface area is 195 Å². The van der Waals surface area contributed by atoms with Gasteiger partial charge in [0.25, 0.3) is 11.8 Å². The fourth-order valence-corrected chi connectivity index (χ4v) is 3.69. The molecule has 0 spiro atoms. The highest BCUT2D eigenvalue weighted by molar-refractivity contribution is 5.96. The molecule has 7 nitrogen and oxygen atoms in total. The van der Waals surface area contributed by atoms with Gasteiger partial charge < -0.3 is 20.3 Å². The van der Waals surface area contributed by atoms with Gasteiger partial charge in [-0.3, -0.25) is 9.59 Å². The van der Waals surface area contributed by atoms with Gasteiger partial charge in [-0.25, -0.2) is 9.18 Å². The van der Waals surface area contributed by atoms with Crippen molar-refractivity contribution in [1.29, 1.82) is 0 Å². The van der Waals surface area contributed by atoms with E-state index in [-0.39, 0.29) is 0 Å². The van der Waals surface area contributed by atoms with Crippen LogP contribution in [0.1, 0.15) is 30.0 Å². The van der Waals surface area contributed by atoms with Crippen molar-refractivity contribution in [2.24, 2.45) is 0 Å². The standard InChI is InChI=1S/C22H21F6N3O4/c1-31-15-9-5-4-7-13(15)12-6-2-3-8-14(12)17(19(31)33)30-18(32)16(10-23)35-20(34)29-11-21(24,25)22(26,27)28/h2-3,5-6,8-9,16-17H,4,7,10-11H2,1H3,(H,29,34)(H,30,32). The Morgan fingerprint density at radius 2 is 1.89 bits per heavy atom. The summed E-state index contributed by atoms with van der Waals surface area (Å²) < 4.78 is 80.5. The molecule has 1 aromatic rings. The lowest BCUT2D eigenvalue weighted by molar-refractivity contribution is -0.278. The molecule has 3 rings (SSSR count). The largest absolute Gasteiger partial charge is 0.455 e. The van der Waals surface area contributed by atoms with Crippen molar-refractivity contribution in [2.75, 3.05) is 20.3 Å². The zero-order valence-electron chi connectivity index (χ0n) is 18.3. The summed E-state index contributed by atoms with van der Waals surface area (Å²) in [6.45, 7) is -3.79. The van der Waals surface area contributed by atoms with Crippen LogP contribution in [0.4, 0.5) is 31.1 Å². The third kappa shape index (κ3) is 5.43. The first-order valence-corrected chi connectivity index (χ1v) is 10.4. The molecule has 2 atom stereocenters. The molecule has 0 fully saturated rings. The number of nitrogens with one attached hydrogen (secondary N) is 2. The van der Waals surface area contributed by atoms with E-state index in [9.17, 15) is 40.7 Å². The molecule has 13 heteroatoms. The molecule has 1 aliphatic carbocycles. The van der Waals surface area contributed by atoms with Crippen LogP contribution in [0, 0.1) is 0 Å². The molecular weight excluding hydrogens is 484 g/mol. The molecule has 0 bridgehead atoms. The minimum atomic E-state index is -5.93. The van der Waals surface area contributed by atoms with Gasteiger partial charge in [-0.2, -0.15) is 22.0 Å². The van der Waals surface area contributed by atoms with Gasteiger partial charge in [0.05, 0.1) is 6.54 Å². The Morgan fingerprint density at radius 3 is 2.54 bits per heavy atom. The van der Waals surface area contributed by atoms with Gasteiger partial charge in [0.1, 0.15) is 12.7 Å². The van der Waals surface area contributed by atoms with Gasteiger partial charge in [0.2, 0.25) is 6.10 Å². The molecule has 3 amide bonds. The van der Waals surface area contributed by atoms with Crippen molar-refractivity contribution < 1.29 is 45.5 Å². The minimum Gasteiger partial charge on any atom is -0.433 e. The third-order valence-electron chi connectivity index (χ3n) is 5.52. The zero-order valence-corrected chi connectivity index (χ0v) is 18.3. The highest BCUT2D eigenvalue weighted by atomic mass is 19.4. The number of fused-ring (bicyclic) bond motifs is 2. The molecule has 190 valence electrons. The Morgan fingerprint density at radius 1 is 1.20 bits per heavy atom. The first-order chi connectivity index (χ1) is 16.4. The lowest BCUT2D eigenvalue weighted by Gasteiger charge is -2.25. The number of amides is 3. The van der Waals surface area contributed by atoms with E-state index in [2.05, 4.69) is 10.1 Å². The van der Waals surface area contributed by atoms with Gasteiger partial charge in [-0.05, 0) is 35.6 Å². The Kier molecular flexibility index (Phi) is 7.46. The van der Waals surface area contributed by atoms with Gasteiger partial charge in [-0.15, -0.1) is 0 Å². The van der Waals surface area contributed by atoms with Gasteiger partial charge >= 0.3 is 18.2 Å². The summed E-state index contributed by atoms with van der Waals surface area (Å²) in [6.07, 6.45) is -4.99. The summed E-state index contributed by atoms with van der Waals surface area (Å²) in [7, 11) is 1.50. The number of halogens is 6. The number of nitrogens with zero attached hydrogens (tertiary/aromatic N) is 1. The smallest absolute Gasteiger partial charge is 0.433 e. The Bertz CT molecular complexity index is 1070. The van der Waals surface area contributed by atoms with Crippen LogP contribution >= 0.6 is 0 Å². The fourth-order valence-electron chi connectivity index (χ4n) is 3.69. The van der Waals surface area contributed by atoms with Crippen molar-refractivity contribution in [3.05, 3.63) is 53.2 Å². The van der Waals surface area contributed by atoms with Crippen LogP contribution in [-0.2, 0) is 14.3 Å². The second-order valence-electron chi connectivity index (χ2n) is 7.83. The summed E-state index contributed by atoms with van der Waals surface area (Å²) in [5, 5.41) is 3.46. The maximum Gasteiger partial charge on any atom is 0.455 e. The number of alkyl halides is 6. The first kappa shape index (κ1) is 26.1. The van der Waals surface area contributed by atoms with E-state index in [1.807, 2.05) is 6.08 Å². The SMILES string of the molecule is CN1C(=O)C(NC(=O)C(CF)OC(=O)NCC(F)(F)C(F)(F)F)c2ccccc2C2=C1C=CCC2. The van der Waals surface area contributed by atoms with E-state index < -0.39 is 55.4 Å². The predicted molar refractivity (Wildman–Crippen MR) is 111 cm³/mol. The summed E-state index contributed by atoms with van der Waals surface area (Å²) >= 11 is 0. The van der Waals surface area contributed by atoms with Crippen molar-refractivity contribution >= 4 is 23.5 Å². The predicted octanol–water partition coefficient (Wildman–Crippen LogP) is 3.64. The first-order valence-electron chi connectivity index (χ1n) is 10.4. The molecule has 0 saturated carbocycles. The third-order valence-corrected chi connectivity index (χ3v) is 5.52. The van der Waals surface area contributed by atoms with Crippen LogP contribution < -0.4 is 10.6 Å². The number of hydrogen-bond donors (Lipinski definition) is 2. The number of allylic oxidation sites excluding steroid dienone is 3. The van der Waals surface area contributed by atoms with Crippen LogP contribution in [0.3, 0.4) is 0 Å². The lowest BCUT2D eigenvalue weighted by atomic mass is 9.90. The van der Waals surface area contributed by atoms with Crippen molar-refractivity contribution in [3.8, 4) is 0 Å². The second kappa shape index (κ2) is 10.0. The zero-order chi connectivity index (χ0) is 26.0. The highest BCUT2D eigenvalue weighted by Gasteiger charge is 2.57. The van der Waals surface area contributed by atoms with Crippen LogP contribution in [0.2, 0.25) is 0 Å². The number of rotatable bonds is 6. The van der Waals surface area contributed by atoms with Gasteiger partial charge in [0.15, 0.2) is 0 Å². The Hall–Kier alpha value is -3.51. The number of likely N-dealkylation sites (N-methyl/N-ethyl adjacent to an activating group) is 1. The minimum absolute atomic E-state index is 0.407. The number of carbonyl (C=O) groups is 3. The molecule has 1 aliphatic heterocycles. The Balaban J connectivity index is 1.76. The fraction of sp³-hybridized carbons (Fsp3) is 0.409. The second-order valence-corrected chi connectivity index (χ2v) is 7.83. The number of alkyl carbamates (subject to hydrolysis) is 1. The maximum atomic E-state index is 13.5. The number of benzene rings is 1. The van der Waals surface area contributed by atoms with Crippen LogP contribution in [0.15, 0.2) is 42.1 Å². The normalized spacial score (nSPS) is 18.9. The summed E-state index contributed by atoms with van der Waals surface area (Å²) in [6, 6.07) is 5.42. The molecule has 2 aliphatic rings. The molecule has 0 aromatic heterocycles. The average Bonchev–Trinajstić information content (AvgIpc) is 2.90. The number of hydrogen-bond acceptors (Lipinski definition) is 4. The van der Waals surface area contributed by atoms with Crippen LogP contribution in [-0.4, -0.2) is 61.3 Å². The monoisotopic (exact) mass is 505 g/mol. The summed E-state index contributed by atoms with van der Waals surface area (Å²) in [4.78, 5) is 38.8. The van der Waals surface area contributed by atoms with Crippen LogP contribution in [0.25, 0.3) is 5.57 Å². The number of ether oxygens (including phenoxy) is 1. The molecule has 2 N–H and O–H groups in total. The summed E-state index contributed by atoms with van der Waals surface area (Å²) in [5.74, 6) is -7.11. The molecular formula is C22H21F6N3O4. The lowest BCUT2D eigenvalue weighted by Crippen LogP contribution is -2.49. The number of carbonyl (C=O) groups excluding carboxylic acids is 3. The maximum absolute atomic E-state index is 13.5. The average molecular weight is 505 g/mol. The molecule has 1 heterocycles. The molecule has 0 radical (unpaired) electrons. The molecule has 0 saturated heterocycles. The van der Waals surface area contributed by atoms with Gasteiger partial charge in [0, 0.05) is 12.7 Å². The van der Waals surface area contributed by atoms with Gasteiger partial charge in [-0.1, -0.05) is 30.3 Å². The molecule has 35 heavy (non-hydrogen) atoms. The van der Waals surface area contributed by atoms with E-state index in [0.29, 0.717) is 23.2 Å². The summed E-state index contributed by atoms with van der Waals surface area (Å²) in [5.41, 5.74) is 2.57.